The van der Waals surface area contributed by atoms with Gasteiger partial charge in [0.25, 0.3) is 5.91 Å². The van der Waals surface area contributed by atoms with Crippen molar-refractivity contribution in [3.05, 3.63) is 28.7 Å². The van der Waals surface area contributed by atoms with E-state index in [-0.39, 0.29) is 11.8 Å². The number of rotatable bonds is 2. The third kappa shape index (κ3) is 2.55. The smallest absolute Gasteiger partial charge is 0.259 e. The van der Waals surface area contributed by atoms with Crippen molar-refractivity contribution in [2.24, 2.45) is 0 Å². The van der Waals surface area contributed by atoms with Gasteiger partial charge >= 0.3 is 0 Å². The first-order valence-electron chi connectivity index (χ1n) is 7.08. The molecular formula is C14H18N4O3. The average molecular weight is 290 g/mol. The number of hydrogen-bond donors (Lipinski definition) is 0. The van der Waals surface area contributed by atoms with E-state index in [9.17, 15) is 4.79 Å². The molecule has 3 heterocycles. The van der Waals surface area contributed by atoms with Crippen molar-refractivity contribution in [1.29, 1.82) is 0 Å². The highest BCUT2D eigenvalue weighted by Crippen LogP contribution is 2.27. The molecule has 7 nitrogen and oxygen atoms in total. The van der Waals surface area contributed by atoms with Crippen LogP contribution in [0.25, 0.3) is 0 Å². The van der Waals surface area contributed by atoms with Crippen LogP contribution in [0.5, 0.6) is 0 Å². The van der Waals surface area contributed by atoms with E-state index in [4.69, 9.17) is 9.05 Å². The highest BCUT2D eigenvalue weighted by molar-refractivity contribution is 5.96. The van der Waals surface area contributed by atoms with Crippen molar-refractivity contribution in [1.82, 2.24) is 20.2 Å². The molecule has 1 aliphatic rings. The Balaban J connectivity index is 1.78. The molecule has 1 amide bonds. The van der Waals surface area contributed by atoms with Gasteiger partial charge in [0.1, 0.15) is 11.3 Å². The number of carbonyl (C=O) groups is 1. The molecule has 1 saturated heterocycles. The monoisotopic (exact) mass is 290 g/mol. The molecular weight excluding hydrogens is 272 g/mol. The third-order valence-corrected chi connectivity index (χ3v) is 3.85. The summed E-state index contributed by atoms with van der Waals surface area (Å²) >= 11 is 0. The van der Waals surface area contributed by atoms with Gasteiger partial charge in [-0.15, -0.1) is 0 Å². The summed E-state index contributed by atoms with van der Waals surface area (Å²) in [6.45, 7) is 6.65. The molecule has 0 unspecified atom stereocenters. The van der Waals surface area contributed by atoms with E-state index in [1.54, 1.807) is 20.8 Å². The molecule has 1 fully saturated rings. The van der Waals surface area contributed by atoms with Gasteiger partial charge in [0.05, 0.1) is 11.6 Å². The first-order chi connectivity index (χ1) is 10.1. The van der Waals surface area contributed by atoms with E-state index >= 15 is 0 Å². The lowest BCUT2D eigenvalue weighted by atomic mass is 9.97. The number of piperidine rings is 1. The van der Waals surface area contributed by atoms with Crippen molar-refractivity contribution < 1.29 is 13.8 Å². The Morgan fingerprint density at radius 1 is 1.24 bits per heavy atom. The second-order valence-corrected chi connectivity index (χ2v) is 5.47. The van der Waals surface area contributed by atoms with Crippen molar-refractivity contribution in [3.8, 4) is 0 Å². The van der Waals surface area contributed by atoms with Gasteiger partial charge in [-0.25, -0.2) is 0 Å². The Labute approximate surface area is 122 Å². The van der Waals surface area contributed by atoms with E-state index in [1.165, 1.54) is 0 Å². The summed E-state index contributed by atoms with van der Waals surface area (Å²) in [6, 6.07) is 0. The Morgan fingerprint density at radius 3 is 2.67 bits per heavy atom. The van der Waals surface area contributed by atoms with Crippen LogP contribution in [0.15, 0.2) is 9.05 Å². The first kappa shape index (κ1) is 13.8. The van der Waals surface area contributed by atoms with Crippen molar-refractivity contribution in [2.45, 2.75) is 39.5 Å². The van der Waals surface area contributed by atoms with Gasteiger partial charge < -0.3 is 13.9 Å². The van der Waals surface area contributed by atoms with Crippen molar-refractivity contribution >= 4 is 5.91 Å². The standard InChI is InChI=1S/C14H18N4O3/c1-8-12(9(2)20-16-8)14(19)18-6-4-5-11(7-18)13-15-10(3)17-21-13/h11H,4-7H2,1-3H3/t11-/m0/s1. The maximum absolute atomic E-state index is 12.6. The summed E-state index contributed by atoms with van der Waals surface area (Å²) in [5.74, 6) is 1.87. The zero-order chi connectivity index (χ0) is 15.0. The number of carbonyl (C=O) groups excluding carboxylic acids is 1. The second-order valence-electron chi connectivity index (χ2n) is 5.47. The quantitative estimate of drug-likeness (QED) is 0.841. The Hall–Kier alpha value is -2.18. The van der Waals surface area contributed by atoms with Gasteiger partial charge in [0.15, 0.2) is 5.82 Å². The van der Waals surface area contributed by atoms with Crippen molar-refractivity contribution in [2.75, 3.05) is 13.1 Å². The minimum atomic E-state index is -0.0350. The zero-order valence-corrected chi connectivity index (χ0v) is 12.4. The van der Waals surface area contributed by atoms with E-state index in [1.807, 2.05) is 4.90 Å². The highest BCUT2D eigenvalue weighted by Gasteiger charge is 2.31. The topological polar surface area (TPSA) is 85.3 Å². The molecule has 0 saturated carbocycles. The van der Waals surface area contributed by atoms with E-state index in [0.717, 1.165) is 19.4 Å². The lowest BCUT2D eigenvalue weighted by molar-refractivity contribution is 0.0693. The zero-order valence-electron chi connectivity index (χ0n) is 12.4. The molecule has 2 aromatic rings. The van der Waals surface area contributed by atoms with E-state index < -0.39 is 0 Å². The van der Waals surface area contributed by atoms with Gasteiger partial charge in [-0.1, -0.05) is 10.3 Å². The van der Waals surface area contributed by atoms with Crippen LogP contribution in [-0.2, 0) is 0 Å². The van der Waals surface area contributed by atoms with Crippen LogP contribution in [0.4, 0.5) is 0 Å². The highest BCUT2D eigenvalue weighted by atomic mass is 16.5. The number of amides is 1. The van der Waals surface area contributed by atoms with E-state index in [0.29, 0.717) is 35.3 Å². The van der Waals surface area contributed by atoms with Crippen LogP contribution in [0.3, 0.4) is 0 Å². The minimum Gasteiger partial charge on any atom is -0.361 e. The third-order valence-electron chi connectivity index (χ3n) is 3.85. The van der Waals surface area contributed by atoms with Crippen LogP contribution in [0.2, 0.25) is 0 Å². The Bertz CT molecular complexity index is 641. The molecule has 2 aromatic heterocycles. The largest absolute Gasteiger partial charge is 0.361 e. The molecule has 0 radical (unpaired) electrons. The molecule has 0 spiro atoms. The van der Waals surface area contributed by atoms with Gasteiger partial charge in [-0.05, 0) is 33.6 Å². The lowest BCUT2D eigenvalue weighted by Gasteiger charge is -2.30. The fourth-order valence-electron chi connectivity index (χ4n) is 2.79. The fourth-order valence-corrected chi connectivity index (χ4v) is 2.79. The molecule has 0 aliphatic carbocycles. The summed E-state index contributed by atoms with van der Waals surface area (Å²) in [4.78, 5) is 18.7. The minimum absolute atomic E-state index is 0.0350. The maximum Gasteiger partial charge on any atom is 0.259 e. The Kier molecular flexibility index (Phi) is 3.48. The molecule has 21 heavy (non-hydrogen) atoms. The van der Waals surface area contributed by atoms with Gasteiger partial charge in [0.2, 0.25) is 5.89 Å². The van der Waals surface area contributed by atoms with Gasteiger partial charge in [-0.2, -0.15) is 4.98 Å². The number of aryl methyl sites for hydroxylation is 3. The normalized spacial score (nSPS) is 19.0. The van der Waals surface area contributed by atoms with Gasteiger partial charge in [0, 0.05) is 13.1 Å². The summed E-state index contributed by atoms with van der Waals surface area (Å²) < 4.78 is 10.3. The molecule has 7 heteroatoms. The molecule has 3 rings (SSSR count). The Morgan fingerprint density at radius 2 is 2.05 bits per heavy atom. The predicted octanol–water partition coefficient (Wildman–Crippen LogP) is 2.00. The predicted molar refractivity (Wildman–Crippen MR) is 72.9 cm³/mol. The fraction of sp³-hybridized carbons (Fsp3) is 0.571. The maximum atomic E-state index is 12.6. The molecule has 0 bridgehead atoms. The van der Waals surface area contributed by atoms with Gasteiger partial charge in [-0.3, -0.25) is 4.79 Å². The lowest BCUT2D eigenvalue weighted by Crippen LogP contribution is -2.39. The van der Waals surface area contributed by atoms with Crippen LogP contribution < -0.4 is 0 Å². The number of hydrogen-bond acceptors (Lipinski definition) is 6. The van der Waals surface area contributed by atoms with Crippen LogP contribution in [0, 0.1) is 20.8 Å². The second kappa shape index (κ2) is 5.31. The van der Waals surface area contributed by atoms with Crippen molar-refractivity contribution in [3.63, 3.8) is 0 Å². The number of aromatic nitrogens is 3. The SMILES string of the molecule is Cc1noc([C@H]2CCCN(C(=O)c3c(C)noc3C)C2)n1. The molecule has 1 aliphatic heterocycles. The summed E-state index contributed by atoms with van der Waals surface area (Å²) in [6.07, 6.45) is 1.87. The molecule has 0 N–H and O–H groups in total. The molecule has 0 aromatic carbocycles. The number of nitrogens with zero attached hydrogens (tertiary/aromatic N) is 4. The molecule has 1 atom stereocenters. The van der Waals surface area contributed by atoms with E-state index in [2.05, 4.69) is 15.3 Å². The summed E-state index contributed by atoms with van der Waals surface area (Å²) in [5, 5.41) is 7.67. The molecule has 112 valence electrons. The van der Waals surface area contributed by atoms with Crippen LogP contribution >= 0.6 is 0 Å². The summed E-state index contributed by atoms with van der Waals surface area (Å²) in [7, 11) is 0. The average Bonchev–Trinajstić information content (AvgIpc) is 3.05. The summed E-state index contributed by atoms with van der Waals surface area (Å²) in [5.41, 5.74) is 1.20. The number of likely N-dealkylation sites (tertiary alicyclic amines) is 1. The van der Waals surface area contributed by atoms with Crippen LogP contribution in [-0.4, -0.2) is 39.2 Å². The van der Waals surface area contributed by atoms with Crippen LogP contribution in [0.1, 0.15) is 52.3 Å². The first-order valence-corrected chi connectivity index (χ1v) is 7.08.